The number of amides is 3. The van der Waals surface area contributed by atoms with Crippen LogP contribution in [-0.4, -0.2) is 64.5 Å². The average Bonchev–Trinajstić information content (AvgIpc) is 3.08. The Hall–Kier alpha value is -2.05. The van der Waals surface area contributed by atoms with Gasteiger partial charge in [-0.1, -0.05) is 0 Å². The molecule has 0 aliphatic carbocycles. The van der Waals surface area contributed by atoms with Crippen molar-refractivity contribution < 1.29 is 9.59 Å². The largest absolute Gasteiger partial charge is 0.344 e. The lowest BCUT2D eigenvalue weighted by molar-refractivity contribution is -0.128. The van der Waals surface area contributed by atoms with Gasteiger partial charge in [-0.2, -0.15) is 0 Å². The van der Waals surface area contributed by atoms with Gasteiger partial charge in [0.05, 0.1) is 0 Å². The van der Waals surface area contributed by atoms with Crippen LogP contribution in [0.1, 0.15) is 18.7 Å². The molecule has 3 amide bonds. The molecule has 1 aromatic heterocycles. The second-order valence-corrected chi connectivity index (χ2v) is 6.33. The molecule has 3 rings (SSSR count). The molecular formula is C15H23N5O2. The Morgan fingerprint density at radius 1 is 1.50 bits per heavy atom. The van der Waals surface area contributed by atoms with Gasteiger partial charge < -0.3 is 19.7 Å². The van der Waals surface area contributed by atoms with E-state index in [2.05, 4.69) is 14.9 Å². The third kappa shape index (κ3) is 2.93. The van der Waals surface area contributed by atoms with Gasteiger partial charge in [-0.3, -0.25) is 4.79 Å². The lowest BCUT2D eigenvalue weighted by atomic mass is 9.99. The van der Waals surface area contributed by atoms with Crippen molar-refractivity contribution in [3.63, 3.8) is 0 Å². The van der Waals surface area contributed by atoms with E-state index < -0.39 is 0 Å². The highest BCUT2D eigenvalue weighted by Crippen LogP contribution is 2.19. The summed E-state index contributed by atoms with van der Waals surface area (Å²) in [6, 6.07) is -0.531. The number of rotatable bonds is 3. The Morgan fingerprint density at radius 3 is 3.05 bits per heavy atom. The van der Waals surface area contributed by atoms with Crippen molar-refractivity contribution in [1.82, 2.24) is 24.7 Å². The number of likely N-dealkylation sites (N-methyl/N-ethyl adjacent to an activating group) is 1. The molecule has 120 valence electrons. The van der Waals surface area contributed by atoms with E-state index in [-0.39, 0.29) is 18.0 Å². The molecule has 0 bridgehead atoms. The van der Waals surface area contributed by atoms with Crippen LogP contribution < -0.4 is 5.32 Å². The van der Waals surface area contributed by atoms with Crippen molar-refractivity contribution in [2.75, 3.05) is 27.2 Å². The molecule has 0 unspecified atom stereocenters. The zero-order valence-corrected chi connectivity index (χ0v) is 13.2. The van der Waals surface area contributed by atoms with Crippen LogP contribution >= 0.6 is 0 Å². The molecule has 22 heavy (non-hydrogen) atoms. The van der Waals surface area contributed by atoms with E-state index in [4.69, 9.17) is 0 Å². The van der Waals surface area contributed by atoms with E-state index in [0.29, 0.717) is 25.4 Å². The lowest BCUT2D eigenvalue weighted by Gasteiger charge is -2.28. The van der Waals surface area contributed by atoms with Gasteiger partial charge in [-0.05, 0) is 18.8 Å². The zero-order chi connectivity index (χ0) is 15.7. The van der Waals surface area contributed by atoms with Crippen molar-refractivity contribution in [2.45, 2.75) is 31.8 Å². The second-order valence-electron chi connectivity index (χ2n) is 6.33. The minimum atomic E-state index is -0.369. The van der Waals surface area contributed by atoms with E-state index >= 15 is 0 Å². The molecule has 0 spiro atoms. The Balaban J connectivity index is 1.51. The normalized spacial score (nSPS) is 24.3. The first-order chi connectivity index (χ1) is 10.5. The third-order valence-electron chi connectivity index (χ3n) is 4.64. The first-order valence-electron chi connectivity index (χ1n) is 7.81. The summed E-state index contributed by atoms with van der Waals surface area (Å²) >= 11 is 0. The molecular weight excluding hydrogens is 282 g/mol. The van der Waals surface area contributed by atoms with Crippen LogP contribution in [0.2, 0.25) is 0 Å². The Bertz CT molecular complexity index is 570. The van der Waals surface area contributed by atoms with E-state index in [1.807, 2.05) is 12.4 Å². The lowest BCUT2D eigenvalue weighted by Crippen LogP contribution is -2.47. The molecule has 0 saturated carbocycles. The van der Waals surface area contributed by atoms with E-state index in [1.54, 1.807) is 23.9 Å². The highest BCUT2D eigenvalue weighted by atomic mass is 16.2. The fraction of sp³-hybridized carbons (Fsp3) is 0.667. The first-order valence-corrected chi connectivity index (χ1v) is 7.81. The highest BCUT2D eigenvalue weighted by molar-refractivity contribution is 5.88. The minimum Gasteiger partial charge on any atom is -0.344 e. The van der Waals surface area contributed by atoms with E-state index in [9.17, 15) is 9.59 Å². The predicted octanol–water partition coefficient (Wildman–Crippen LogP) is 0.318. The minimum absolute atomic E-state index is 0.00229. The number of urea groups is 1. The van der Waals surface area contributed by atoms with Crippen molar-refractivity contribution >= 4 is 11.9 Å². The van der Waals surface area contributed by atoms with Crippen molar-refractivity contribution in [3.05, 3.63) is 18.2 Å². The maximum Gasteiger partial charge on any atom is 0.317 e. The number of likely N-dealkylation sites (tertiary alicyclic amines) is 1. The van der Waals surface area contributed by atoms with Crippen LogP contribution in [0.25, 0.3) is 0 Å². The van der Waals surface area contributed by atoms with Gasteiger partial charge in [-0.25, -0.2) is 9.78 Å². The van der Waals surface area contributed by atoms with Crippen molar-refractivity contribution in [2.24, 2.45) is 5.92 Å². The van der Waals surface area contributed by atoms with Crippen LogP contribution in [-0.2, 0) is 17.8 Å². The average molecular weight is 305 g/mol. The smallest absolute Gasteiger partial charge is 0.317 e. The first kappa shape index (κ1) is 14.9. The topological polar surface area (TPSA) is 70.5 Å². The summed E-state index contributed by atoms with van der Waals surface area (Å²) in [4.78, 5) is 31.8. The van der Waals surface area contributed by atoms with Gasteiger partial charge >= 0.3 is 6.03 Å². The van der Waals surface area contributed by atoms with Crippen LogP contribution in [0, 0.1) is 5.92 Å². The molecule has 7 nitrogen and oxygen atoms in total. The maximum atomic E-state index is 12.2. The van der Waals surface area contributed by atoms with Crippen LogP contribution in [0.5, 0.6) is 0 Å². The van der Waals surface area contributed by atoms with Gasteiger partial charge in [0.2, 0.25) is 5.91 Å². The summed E-state index contributed by atoms with van der Waals surface area (Å²) in [6.45, 7) is 2.30. The third-order valence-corrected chi connectivity index (χ3v) is 4.64. The Morgan fingerprint density at radius 2 is 2.32 bits per heavy atom. The fourth-order valence-corrected chi connectivity index (χ4v) is 3.27. The number of carbonyl (C=O) groups excluding carboxylic acids is 2. The van der Waals surface area contributed by atoms with Crippen LogP contribution in [0.3, 0.4) is 0 Å². The summed E-state index contributed by atoms with van der Waals surface area (Å²) < 4.78 is 2.16. The Labute approximate surface area is 130 Å². The molecule has 1 aromatic rings. The van der Waals surface area contributed by atoms with Crippen LogP contribution in [0.4, 0.5) is 4.79 Å². The highest BCUT2D eigenvalue weighted by Gasteiger charge is 2.31. The maximum absolute atomic E-state index is 12.2. The van der Waals surface area contributed by atoms with E-state index in [0.717, 1.165) is 25.2 Å². The fourth-order valence-electron chi connectivity index (χ4n) is 3.27. The Kier molecular flexibility index (Phi) is 4.04. The monoisotopic (exact) mass is 305 g/mol. The molecule has 3 heterocycles. The molecule has 1 saturated heterocycles. The van der Waals surface area contributed by atoms with Gasteiger partial charge in [0.15, 0.2) is 0 Å². The summed E-state index contributed by atoms with van der Waals surface area (Å²) in [5, 5.41) is 2.84. The number of carbonyl (C=O) groups is 2. The number of hydrogen-bond donors (Lipinski definition) is 1. The van der Waals surface area contributed by atoms with Crippen LogP contribution in [0.15, 0.2) is 12.4 Å². The molecule has 1 N–H and O–H groups in total. The molecule has 7 heteroatoms. The SMILES string of the molecule is CN(C[C@H]1CCc2nccn2C1)C(=O)N[C@H]1CCN(C)C1=O. The number of hydrogen-bond acceptors (Lipinski definition) is 3. The van der Waals surface area contributed by atoms with Gasteiger partial charge in [0, 0.05) is 52.5 Å². The predicted molar refractivity (Wildman–Crippen MR) is 81.2 cm³/mol. The molecule has 2 aliphatic heterocycles. The standard InChI is InChI=1S/C15H23N5O2/c1-18-7-5-12(14(18)21)17-15(22)19(2)9-11-3-4-13-16-6-8-20(13)10-11/h6,8,11-12H,3-5,7,9-10H2,1-2H3,(H,17,22)/t11-,12+/m1/s1. The number of aromatic nitrogens is 2. The number of fused-ring (bicyclic) bond motifs is 1. The van der Waals surface area contributed by atoms with Crippen molar-refractivity contribution in [3.8, 4) is 0 Å². The van der Waals surface area contributed by atoms with Crippen molar-refractivity contribution in [1.29, 1.82) is 0 Å². The number of nitrogens with one attached hydrogen (secondary N) is 1. The zero-order valence-electron chi connectivity index (χ0n) is 13.2. The summed E-state index contributed by atoms with van der Waals surface area (Å²) in [7, 11) is 3.56. The summed E-state index contributed by atoms with van der Waals surface area (Å²) in [5.74, 6) is 1.56. The molecule has 1 fully saturated rings. The van der Waals surface area contributed by atoms with Gasteiger partial charge in [0.1, 0.15) is 11.9 Å². The number of nitrogens with zero attached hydrogens (tertiary/aromatic N) is 4. The number of aryl methyl sites for hydroxylation is 1. The van der Waals surface area contributed by atoms with E-state index in [1.165, 1.54) is 0 Å². The summed E-state index contributed by atoms with van der Waals surface area (Å²) in [5.41, 5.74) is 0. The quantitative estimate of drug-likeness (QED) is 0.874. The van der Waals surface area contributed by atoms with Gasteiger partial charge in [0.25, 0.3) is 0 Å². The molecule has 2 aliphatic rings. The number of imidazole rings is 1. The van der Waals surface area contributed by atoms with Gasteiger partial charge in [-0.15, -0.1) is 0 Å². The molecule has 0 aromatic carbocycles. The second kappa shape index (κ2) is 5.98. The molecule has 0 radical (unpaired) electrons. The molecule has 2 atom stereocenters. The summed E-state index contributed by atoms with van der Waals surface area (Å²) in [6.07, 6.45) is 6.51.